The van der Waals surface area contributed by atoms with Crippen molar-refractivity contribution in [3.05, 3.63) is 35.7 Å². The van der Waals surface area contributed by atoms with E-state index in [2.05, 4.69) is 0 Å². The highest BCUT2D eigenvalue weighted by molar-refractivity contribution is 5.52. The lowest BCUT2D eigenvalue weighted by Gasteiger charge is -1.97. The van der Waals surface area contributed by atoms with Crippen LogP contribution in [-0.2, 0) is 0 Å². The summed E-state index contributed by atoms with van der Waals surface area (Å²) in [5.41, 5.74) is 0.287. The van der Waals surface area contributed by atoms with Crippen molar-refractivity contribution in [2.45, 2.75) is 6.42 Å². The van der Waals surface area contributed by atoms with Crippen molar-refractivity contribution in [1.82, 2.24) is 0 Å². The SMILES string of the molecule is N#CCC=Cc1cccc(O)c1F. The second-order valence-corrected chi connectivity index (χ2v) is 2.44. The second kappa shape index (κ2) is 4.27. The summed E-state index contributed by atoms with van der Waals surface area (Å²) in [5, 5.41) is 17.2. The van der Waals surface area contributed by atoms with Crippen LogP contribution in [0.3, 0.4) is 0 Å². The van der Waals surface area contributed by atoms with Crippen molar-refractivity contribution in [2.75, 3.05) is 0 Å². The van der Waals surface area contributed by atoms with E-state index < -0.39 is 5.82 Å². The molecule has 1 rings (SSSR count). The molecule has 1 N–H and O–H groups in total. The van der Waals surface area contributed by atoms with Gasteiger partial charge in [0.15, 0.2) is 11.6 Å². The lowest BCUT2D eigenvalue weighted by Crippen LogP contribution is -1.81. The first-order valence-electron chi connectivity index (χ1n) is 3.76. The molecule has 0 radical (unpaired) electrons. The first kappa shape index (κ1) is 9.27. The Morgan fingerprint density at radius 3 is 3.00 bits per heavy atom. The van der Waals surface area contributed by atoms with Gasteiger partial charge in [-0.3, -0.25) is 0 Å². The molecule has 0 atom stereocenters. The minimum absolute atomic E-state index is 0.231. The van der Waals surface area contributed by atoms with Crippen LogP contribution < -0.4 is 0 Å². The Morgan fingerprint density at radius 1 is 1.54 bits per heavy atom. The van der Waals surface area contributed by atoms with E-state index in [9.17, 15) is 4.39 Å². The van der Waals surface area contributed by atoms with Crippen LogP contribution in [0, 0.1) is 17.1 Å². The van der Waals surface area contributed by atoms with Gasteiger partial charge in [0.25, 0.3) is 0 Å². The largest absolute Gasteiger partial charge is 0.505 e. The Balaban J connectivity index is 2.90. The Bertz CT molecular complexity index is 366. The van der Waals surface area contributed by atoms with E-state index in [1.165, 1.54) is 24.3 Å². The van der Waals surface area contributed by atoms with Crippen molar-refractivity contribution >= 4 is 6.08 Å². The summed E-state index contributed by atoms with van der Waals surface area (Å²) in [5.74, 6) is -1.03. The molecule has 13 heavy (non-hydrogen) atoms. The smallest absolute Gasteiger partial charge is 0.171 e. The number of aromatic hydroxyl groups is 1. The maximum Gasteiger partial charge on any atom is 0.171 e. The maximum absolute atomic E-state index is 13.0. The molecule has 2 nitrogen and oxygen atoms in total. The number of phenols is 1. The van der Waals surface area contributed by atoms with Gasteiger partial charge in [-0.1, -0.05) is 24.3 Å². The second-order valence-electron chi connectivity index (χ2n) is 2.44. The monoisotopic (exact) mass is 177 g/mol. The lowest BCUT2D eigenvalue weighted by atomic mass is 10.2. The molecule has 0 unspecified atom stereocenters. The van der Waals surface area contributed by atoms with Gasteiger partial charge in [0.2, 0.25) is 0 Å². The zero-order chi connectivity index (χ0) is 9.68. The first-order valence-corrected chi connectivity index (χ1v) is 3.76. The van der Waals surface area contributed by atoms with Crippen LogP contribution in [0.2, 0.25) is 0 Å². The summed E-state index contributed by atoms with van der Waals surface area (Å²) < 4.78 is 13.0. The predicted molar refractivity (Wildman–Crippen MR) is 47.3 cm³/mol. The number of rotatable bonds is 2. The zero-order valence-corrected chi connectivity index (χ0v) is 6.87. The number of phenolic OH excluding ortho intramolecular Hbond substituents is 1. The maximum atomic E-state index is 13.0. The quantitative estimate of drug-likeness (QED) is 0.754. The molecule has 66 valence electrons. The zero-order valence-electron chi connectivity index (χ0n) is 6.87. The van der Waals surface area contributed by atoms with Gasteiger partial charge in [0.05, 0.1) is 12.5 Å². The highest BCUT2D eigenvalue weighted by Gasteiger charge is 2.02. The fourth-order valence-electron chi connectivity index (χ4n) is 0.904. The number of halogens is 1. The van der Waals surface area contributed by atoms with Crippen LogP contribution in [0.25, 0.3) is 6.08 Å². The fraction of sp³-hybridized carbons (Fsp3) is 0.100. The molecule has 0 spiro atoms. The van der Waals surface area contributed by atoms with Crippen molar-refractivity contribution in [2.24, 2.45) is 0 Å². The molecule has 0 fully saturated rings. The summed E-state index contributed by atoms with van der Waals surface area (Å²) in [6.07, 6.45) is 3.24. The topological polar surface area (TPSA) is 44.0 Å². The van der Waals surface area contributed by atoms with E-state index in [-0.39, 0.29) is 17.7 Å². The lowest BCUT2D eigenvalue weighted by molar-refractivity contribution is 0.432. The van der Waals surface area contributed by atoms with Crippen molar-refractivity contribution in [3.8, 4) is 11.8 Å². The Kier molecular flexibility index (Phi) is 3.04. The molecule has 0 saturated heterocycles. The van der Waals surface area contributed by atoms with E-state index in [1.54, 1.807) is 6.07 Å². The molecular formula is C10H8FNO. The van der Waals surface area contributed by atoms with Gasteiger partial charge < -0.3 is 5.11 Å². The van der Waals surface area contributed by atoms with Crippen molar-refractivity contribution in [1.29, 1.82) is 5.26 Å². The minimum Gasteiger partial charge on any atom is -0.505 e. The molecule has 0 aliphatic rings. The average molecular weight is 177 g/mol. The number of allylic oxidation sites excluding steroid dienone is 1. The fourth-order valence-corrected chi connectivity index (χ4v) is 0.904. The Hall–Kier alpha value is -1.82. The normalized spacial score (nSPS) is 10.2. The molecule has 0 heterocycles. The van der Waals surface area contributed by atoms with E-state index in [0.29, 0.717) is 0 Å². The third kappa shape index (κ3) is 2.31. The summed E-state index contributed by atoms with van der Waals surface area (Å²) in [7, 11) is 0. The number of nitrogens with zero attached hydrogens (tertiary/aromatic N) is 1. The van der Waals surface area contributed by atoms with E-state index in [0.717, 1.165) is 0 Å². The standard InChI is InChI=1S/C10H8FNO/c11-10-8(4-1-2-7-12)5-3-6-9(10)13/h1,3-6,13H,2H2. The number of benzene rings is 1. The van der Waals surface area contributed by atoms with Crippen LogP contribution in [0.1, 0.15) is 12.0 Å². The van der Waals surface area contributed by atoms with Crippen LogP contribution in [0.5, 0.6) is 5.75 Å². The van der Waals surface area contributed by atoms with Gasteiger partial charge in [0.1, 0.15) is 0 Å². The highest BCUT2D eigenvalue weighted by Crippen LogP contribution is 2.19. The summed E-state index contributed by atoms with van der Waals surface area (Å²) in [6.45, 7) is 0. The minimum atomic E-state index is -0.656. The molecule has 1 aromatic rings. The van der Waals surface area contributed by atoms with Gasteiger partial charge in [0, 0.05) is 5.56 Å². The predicted octanol–water partition coefficient (Wildman–Crippen LogP) is 2.46. The summed E-state index contributed by atoms with van der Waals surface area (Å²) in [4.78, 5) is 0. The van der Waals surface area contributed by atoms with Crippen LogP contribution in [-0.4, -0.2) is 5.11 Å². The van der Waals surface area contributed by atoms with Gasteiger partial charge >= 0.3 is 0 Å². The molecular weight excluding hydrogens is 169 g/mol. The Labute approximate surface area is 75.6 Å². The third-order valence-corrected chi connectivity index (χ3v) is 1.51. The van der Waals surface area contributed by atoms with Gasteiger partial charge in [-0.25, -0.2) is 4.39 Å². The van der Waals surface area contributed by atoms with Crippen molar-refractivity contribution in [3.63, 3.8) is 0 Å². The van der Waals surface area contributed by atoms with Gasteiger partial charge in [-0.15, -0.1) is 0 Å². The molecule has 0 aromatic heterocycles. The summed E-state index contributed by atoms with van der Waals surface area (Å²) in [6, 6.07) is 6.25. The average Bonchev–Trinajstić information content (AvgIpc) is 2.13. The van der Waals surface area contributed by atoms with E-state index in [4.69, 9.17) is 10.4 Å². The van der Waals surface area contributed by atoms with Crippen LogP contribution in [0.15, 0.2) is 24.3 Å². The number of hydrogen-bond acceptors (Lipinski definition) is 2. The number of nitriles is 1. The van der Waals surface area contributed by atoms with E-state index in [1.807, 2.05) is 6.07 Å². The Morgan fingerprint density at radius 2 is 2.31 bits per heavy atom. The molecule has 0 bridgehead atoms. The van der Waals surface area contributed by atoms with E-state index >= 15 is 0 Å². The summed E-state index contributed by atoms with van der Waals surface area (Å²) >= 11 is 0. The first-order chi connectivity index (χ1) is 6.25. The third-order valence-electron chi connectivity index (χ3n) is 1.51. The molecule has 0 aliphatic carbocycles. The van der Waals surface area contributed by atoms with Crippen molar-refractivity contribution < 1.29 is 9.50 Å². The molecule has 1 aromatic carbocycles. The molecule has 0 aliphatic heterocycles. The van der Waals surface area contributed by atoms with Crippen LogP contribution in [0.4, 0.5) is 4.39 Å². The van der Waals surface area contributed by atoms with Gasteiger partial charge in [-0.2, -0.15) is 5.26 Å². The van der Waals surface area contributed by atoms with Gasteiger partial charge in [-0.05, 0) is 6.07 Å². The molecule has 0 saturated carbocycles. The molecule has 0 amide bonds. The van der Waals surface area contributed by atoms with Crippen LogP contribution >= 0.6 is 0 Å². The molecule has 3 heteroatoms. The number of hydrogen-bond donors (Lipinski definition) is 1. The highest BCUT2D eigenvalue weighted by atomic mass is 19.1.